The molecule has 0 saturated carbocycles. The molecule has 0 fully saturated rings. The Hall–Kier alpha value is -1.55. The number of methoxy groups -OCH3 is 1. The minimum Gasteiger partial charge on any atom is -0.495 e. The summed E-state index contributed by atoms with van der Waals surface area (Å²) in [5, 5.41) is 3.09. The number of benzene rings is 1. The van der Waals surface area contributed by atoms with Gasteiger partial charge in [-0.2, -0.15) is 0 Å². The van der Waals surface area contributed by atoms with Crippen LogP contribution in [-0.4, -0.2) is 12.1 Å². The summed E-state index contributed by atoms with van der Waals surface area (Å²) in [5.41, 5.74) is 7.71. The van der Waals surface area contributed by atoms with Crippen LogP contribution >= 0.6 is 11.3 Å². The normalized spacial score (nSPS) is 12.4. The van der Waals surface area contributed by atoms with Crippen LogP contribution in [0.2, 0.25) is 0 Å². The Balaban J connectivity index is 2.31. The predicted molar refractivity (Wildman–Crippen MR) is 67.0 cm³/mol. The van der Waals surface area contributed by atoms with E-state index in [1.54, 1.807) is 18.4 Å². The van der Waals surface area contributed by atoms with Gasteiger partial charge in [0.25, 0.3) is 0 Å². The van der Waals surface area contributed by atoms with E-state index in [-0.39, 0.29) is 5.92 Å². The zero-order chi connectivity index (χ0) is 11.5. The largest absolute Gasteiger partial charge is 0.495 e. The van der Waals surface area contributed by atoms with Crippen LogP contribution in [0.4, 0.5) is 5.69 Å². The van der Waals surface area contributed by atoms with E-state index in [0.29, 0.717) is 5.69 Å². The van der Waals surface area contributed by atoms with Crippen molar-refractivity contribution in [2.75, 3.05) is 12.8 Å². The first-order valence-electron chi connectivity index (χ1n) is 5.05. The molecule has 0 radical (unpaired) electrons. The van der Waals surface area contributed by atoms with Gasteiger partial charge in [-0.15, -0.1) is 11.3 Å². The van der Waals surface area contributed by atoms with Crippen molar-refractivity contribution in [2.24, 2.45) is 0 Å². The molecule has 0 amide bonds. The number of hydrogen-bond donors (Lipinski definition) is 1. The van der Waals surface area contributed by atoms with Gasteiger partial charge in [-0.3, -0.25) is 0 Å². The third kappa shape index (κ3) is 2.02. The zero-order valence-corrected chi connectivity index (χ0v) is 10.1. The van der Waals surface area contributed by atoms with Gasteiger partial charge in [0.15, 0.2) is 0 Å². The van der Waals surface area contributed by atoms with Crippen LogP contribution in [0.25, 0.3) is 0 Å². The second-order valence-electron chi connectivity index (χ2n) is 3.59. The molecular weight excluding hydrogens is 220 g/mol. The lowest BCUT2D eigenvalue weighted by molar-refractivity contribution is 0.417. The van der Waals surface area contributed by atoms with Crippen LogP contribution in [0.3, 0.4) is 0 Å². The van der Waals surface area contributed by atoms with Gasteiger partial charge in [-0.25, -0.2) is 4.98 Å². The predicted octanol–water partition coefficient (Wildman–Crippen LogP) is 2.89. The summed E-state index contributed by atoms with van der Waals surface area (Å²) in [6.07, 6.45) is 1.82. The lowest BCUT2D eigenvalue weighted by Gasteiger charge is -2.11. The molecule has 2 N–H and O–H groups in total. The fourth-order valence-electron chi connectivity index (χ4n) is 1.61. The Morgan fingerprint density at radius 3 is 2.81 bits per heavy atom. The second kappa shape index (κ2) is 4.53. The number of nitrogen functional groups attached to an aromatic ring is 1. The molecule has 1 aromatic heterocycles. The van der Waals surface area contributed by atoms with Crippen LogP contribution in [0.5, 0.6) is 5.75 Å². The standard InChI is InChI=1S/C12H14N2OS/c1-8(12-14-5-6-16-12)9-3-4-11(15-2)10(13)7-9/h3-8H,13H2,1-2H3. The fraction of sp³-hybridized carbons (Fsp3) is 0.250. The number of nitrogens with two attached hydrogens (primary N) is 1. The molecule has 0 aliphatic heterocycles. The van der Waals surface area contributed by atoms with Gasteiger partial charge in [0.05, 0.1) is 17.8 Å². The monoisotopic (exact) mass is 234 g/mol. The van der Waals surface area contributed by atoms with Crippen LogP contribution in [-0.2, 0) is 0 Å². The van der Waals surface area contributed by atoms with E-state index < -0.39 is 0 Å². The number of thiazole rings is 1. The maximum atomic E-state index is 5.88. The van der Waals surface area contributed by atoms with Crippen LogP contribution in [0.15, 0.2) is 29.8 Å². The zero-order valence-electron chi connectivity index (χ0n) is 9.31. The Morgan fingerprint density at radius 1 is 1.44 bits per heavy atom. The lowest BCUT2D eigenvalue weighted by atomic mass is 10.0. The van der Waals surface area contributed by atoms with Crippen molar-refractivity contribution < 1.29 is 4.74 Å². The van der Waals surface area contributed by atoms with Gasteiger partial charge in [0, 0.05) is 17.5 Å². The van der Waals surface area contributed by atoms with Gasteiger partial charge in [-0.05, 0) is 17.7 Å². The summed E-state index contributed by atoms with van der Waals surface area (Å²) in [6, 6.07) is 5.88. The van der Waals surface area contributed by atoms with Crippen molar-refractivity contribution in [3.8, 4) is 5.75 Å². The molecule has 0 aliphatic carbocycles. The summed E-state index contributed by atoms with van der Waals surface area (Å²) in [6.45, 7) is 2.13. The molecule has 1 heterocycles. The molecule has 4 heteroatoms. The molecule has 0 aliphatic rings. The number of nitrogens with zero attached hydrogens (tertiary/aromatic N) is 1. The fourth-order valence-corrected chi connectivity index (χ4v) is 2.34. The minimum absolute atomic E-state index is 0.271. The highest BCUT2D eigenvalue weighted by atomic mass is 32.1. The number of rotatable bonds is 3. The maximum absolute atomic E-state index is 5.88. The van der Waals surface area contributed by atoms with E-state index in [9.17, 15) is 0 Å². The average molecular weight is 234 g/mol. The van der Waals surface area contributed by atoms with Crippen molar-refractivity contribution in [2.45, 2.75) is 12.8 Å². The van der Waals surface area contributed by atoms with Gasteiger partial charge in [0.2, 0.25) is 0 Å². The van der Waals surface area contributed by atoms with Gasteiger partial charge in [0.1, 0.15) is 5.75 Å². The van der Waals surface area contributed by atoms with E-state index in [4.69, 9.17) is 10.5 Å². The first-order chi connectivity index (χ1) is 7.72. The summed E-state index contributed by atoms with van der Waals surface area (Å²) in [7, 11) is 1.62. The lowest BCUT2D eigenvalue weighted by Crippen LogP contribution is -1.98. The molecule has 0 saturated heterocycles. The number of ether oxygens (including phenoxy) is 1. The van der Waals surface area contributed by atoms with E-state index in [2.05, 4.69) is 11.9 Å². The second-order valence-corrected chi connectivity index (χ2v) is 4.52. The molecule has 0 bridgehead atoms. The number of hydrogen-bond acceptors (Lipinski definition) is 4. The van der Waals surface area contributed by atoms with Crippen molar-refractivity contribution >= 4 is 17.0 Å². The molecule has 16 heavy (non-hydrogen) atoms. The van der Waals surface area contributed by atoms with Crippen LogP contribution < -0.4 is 10.5 Å². The van der Waals surface area contributed by atoms with Gasteiger partial charge in [-0.1, -0.05) is 13.0 Å². The molecule has 2 aromatic rings. The van der Waals surface area contributed by atoms with Crippen LogP contribution in [0.1, 0.15) is 23.4 Å². The Kier molecular flexibility index (Phi) is 3.10. The SMILES string of the molecule is COc1ccc(C(C)c2nccs2)cc1N. The van der Waals surface area contributed by atoms with Gasteiger partial charge < -0.3 is 10.5 Å². The highest BCUT2D eigenvalue weighted by Gasteiger charge is 2.12. The Labute approximate surface area is 98.9 Å². The van der Waals surface area contributed by atoms with Gasteiger partial charge >= 0.3 is 0 Å². The molecular formula is C12H14N2OS. The molecule has 0 spiro atoms. The average Bonchev–Trinajstić information content (AvgIpc) is 2.81. The third-order valence-electron chi connectivity index (χ3n) is 2.58. The molecule has 3 nitrogen and oxygen atoms in total. The molecule has 84 valence electrons. The molecule has 1 unspecified atom stereocenters. The third-order valence-corrected chi connectivity index (χ3v) is 3.53. The Bertz CT molecular complexity index is 468. The first kappa shape index (κ1) is 11.0. The van der Waals surface area contributed by atoms with E-state index in [0.717, 1.165) is 16.3 Å². The van der Waals surface area contributed by atoms with E-state index in [1.165, 1.54) is 0 Å². The highest BCUT2D eigenvalue weighted by Crippen LogP contribution is 2.30. The molecule has 2 rings (SSSR count). The smallest absolute Gasteiger partial charge is 0.141 e. The summed E-state index contributed by atoms with van der Waals surface area (Å²) < 4.78 is 5.13. The van der Waals surface area contributed by atoms with E-state index >= 15 is 0 Å². The number of anilines is 1. The van der Waals surface area contributed by atoms with Crippen LogP contribution in [0, 0.1) is 0 Å². The van der Waals surface area contributed by atoms with Crippen molar-refractivity contribution in [3.63, 3.8) is 0 Å². The molecule has 1 atom stereocenters. The minimum atomic E-state index is 0.271. The van der Waals surface area contributed by atoms with Crippen molar-refractivity contribution in [1.29, 1.82) is 0 Å². The summed E-state index contributed by atoms with van der Waals surface area (Å²) >= 11 is 1.66. The first-order valence-corrected chi connectivity index (χ1v) is 5.93. The number of aromatic nitrogens is 1. The maximum Gasteiger partial charge on any atom is 0.141 e. The van der Waals surface area contributed by atoms with Crippen molar-refractivity contribution in [1.82, 2.24) is 4.98 Å². The summed E-state index contributed by atoms with van der Waals surface area (Å²) in [4.78, 5) is 4.31. The highest BCUT2D eigenvalue weighted by molar-refractivity contribution is 7.09. The topological polar surface area (TPSA) is 48.1 Å². The Morgan fingerprint density at radius 2 is 2.25 bits per heavy atom. The quantitative estimate of drug-likeness (QED) is 0.831. The van der Waals surface area contributed by atoms with E-state index in [1.807, 2.05) is 29.8 Å². The van der Waals surface area contributed by atoms with Crippen molar-refractivity contribution in [3.05, 3.63) is 40.3 Å². The summed E-state index contributed by atoms with van der Waals surface area (Å²) in [5.74, 6) is 0.989. The molecule has 1 aromatic carbocycles.